The first-order valence-electron chi connectivity index (χ1n) is 10.7. The van der Waals surface area contributed by atoms with Gasteiger partial charge in [0.05, 0.1) is 5.69 Å². The van der Waals surface area contributed by atoms with Crippen LogP contribution in [0.2, 0.25) is 0 Å². The van der Waals surface area contributed by atoms with Gasteiger partial charge in [-0.3, -0.25) is 19.5 Å². The van der Waals surface area contributed by atoms with Crippen LogP contribution < -0.4 is 11.3 Å². The third-order valence-corrected chi connectivity index (χ3v) is 5.92. The van der Waals surface area contributed by atoms with Gasteiger partial charge in [-0.05, 0) is 30.2 Å². The standard InChI is InChI=1S/C24H24N6O2/c25-22(31)9-12-30-14-16(17-5-1-2-7-21(17)30)13-29-11-8-18-20(15-29)27-23(28-24(18)32)19-6-3-4-10-26-19/h1-7,10,14H,8-9,11-13,15H2,(H2,25,31)(H,27,28,32). The van der Waals surface area contributed by atoms with Crippen LogP contribution in [-0.2, 0) is 30.8 Å². The molecule has 4 aromatic rings. The summed E-state index contributed by atoms with van der Waals surface area (Å²) < 4.78 is 2.09. The molecule has 1 aromatic carbocycles. The number of para-hydroxylation sites is 1. The smallest absolute Gasteiger partial charge is 0.254 e. The Balaban J connectivity index is 1.42. The number of hydrogen-bond donors (Lipinski definition) is 2. The van der Waals surface area contributed by atoms with Crippen LogP contribution in [0.15, 0.2) is 59.7 Å². The van der Waals surface area contributed by atoms with Gasteiger partial charge in [0.25, 0.3) is 5.56 Å². The Morgan fingerprint density at radius 3 is 2.81 bits per heavy atom. The third-order valence-electron chi connectivity index (χ3n) is 5.92. The molecule has 0 fully saturated rings. The molecule has 1 aliphatic rings. The van der Waals surface area contributed by atoms with E-state index in [2.05, 4.69) is 37.8 Å². The fourth-order valence-electron chi connectivity index (χ4n) is 4.36. The number of hydrogen-bond acceptors (Lipinski definition) is 5. The van der Waals surface area contributed by atoms with Crippen LogP contribution >= 0.6 is 0 Å². The van der Waals surface area contributed by atoms with E-state index in [1.807, 2.05) is 30.3 Å². The highest BCUT2D eigenvalue weighted by atomic mass is 16.1. The number of carbonyl (C=O) groups is 1. The number of carbonyl (C=O) groups excluding carboxylic acids is 1. The lowest BCUT2D eigenvalue weighted by Crippen LogP contribution is -2.35. The molecule has 0 saturated carbocycles. The van der Waals surface area contributed by atoms with Gasteiger partial charge < -0.3 is 15.3 Å². The van der Waals surface area contributed by atoms with Crippen molar-refractivity contribution in [1.82, 2.24) is 24.4 Å². The van der Waals surface area contributed by atoms with E-state index in [-0.39, 0.29) is 11.5 Å². The molecule has 162 valence electrons. The summed E-state index contributed by atoms with van der Waals surface area (Å²) in [5, 5.41) is 1.16. The minimum Gasteiger partial charge on any atom is -0.370 e. The number of amides is 1. The molecule has 5 rings (SSSR count). The number of nitrogens with zero attached hydrogens (tertiary/aromatic N) is 4. The Labute approximate surface area is 184 Å². The molecule has 0 atom stereocenters. The number of nitrogens with one attached hydrogen (secondary N) is 1. The van der Waals surface area contributed by atoms with Gasteiger partial charge in [0.2, 0.25) is 5.91 Å². The van der Waals surface area contributed by atoms with Crippen LogP contribution in [-0.4, -0.2) is 36.9 Å². The number of aromatic nitrogens is 4. The molecular weight excluding hydrogens is 404 g/mol. The molecule has 4 heterocycles. The normalized spacial score (nSPS) is 13.9. The Morgan fingerprint density at radius 1 is 1.16 bits per heavy atom. The minimum atomic E-state index is -0.308. The van der Waals surface area contributed by atoms with E-state index in [1.165, 1.54) is 5.56 Å². The third kappa shape index (κ3) is 3.92. The summed E-state index contributed by atoms with van der Waals surface area (Å²) in [6, 6.07) is 13.7. The van der Waals surface area contributed by atoms with Gasteiger partial charge in [0.15, 0.2) is 5.82 Å². The number of primary amides is 1. The zero-order valence-corrected chi connectivity index (χ0v) is 17.6. The molecule has 0 saturated heterocycles. The van der Waals surface area contributed by atoms with Gasteiger partial charge in [-0.1, -0.05) is 24.3 Å². The van der Waals surface area contributed by atoms with E-state index in [9.17, 15) is 9.59 Å². The van der Waals surface area contributed by atoms with Crippen molar-refractivity contribution in [3.05, 3.63) is 82.0 Å². The number of nitrogens with two attached hydrogens (primary N) is 1. The van der Waals surface area contributed by atoms with E-state index in [0.717, 1.165) is 35.2 Å². The van der Waals surface area contributed by atoms with Crippen LogP contribution in [0.5, 0.6) is 0 Å². The van der Waals surface area contributed by atoms with Crippen molar-refractivity contribution < 1.29 is 4.79 Å². The Morgan fingerprint density at radius 2 is 2.00 bits per heavy atom. The number of H-pyrrole nitrogens is 1. The van der Waals surface area contributed by atoms with Crippen molar-refractivity contribution in [3.63, 3.8) is 0 Å². The van der Waals surface area contributed by atoms with Crippen LogP contribution in [0.3, 0.4) is 0 Å². The summed E-state index contributed by atoms with van der Waals surface area (Å²) in [6.07, 6.45) is 4.75. The first-order valence-corrected chi connectivity index (χ1v) is 10.7. The summed E-state index contributed by atoms with van der Waals surface area (Å²) in [4.78, 5) is 38.1. The number of aryl methyl sites for hydroxylation is 1. The second kappa shape index (κ2) is 8.39. The van der Waals surface area contributed by atoms with Crippen LogP contribution in [0, 0.1) is 0 Å². The quantitative estimate of drug-likeness (QED) is 0.489. The van der Waals surface area contributed by atoms with Crippen molar-refractivity contribution in [3.8, 4) is 11.5 Å². The van der Waals surface area contributed by atoms with Crippen molar-refractivity contribution in [2.75, 3.05) is 6.54 Å². The summed E-state index contributed by atoms with van der Waals surface area (Å²) in [5.74, 6) is 0.191. The highest BCUT2D eigenvalue weighted by Gasteiger charge is 2.23. The number of rotatable bonds is 6. The lowest BCUT2D eigenvalue weighted by molar-refractivity contribution is -0.118. The average molecular weight is 428 g/mol. The van der Waals surface area contributed by atoms with Crippen molar-refractivity contribution in [2.45, 2.75) is 32.5 Å². The van der Waals surface area contributed by atoms with Crippen LogP contribution in [0.1, 0.15) is 23.2 Å². The Bertz CT molecular complexity index is 1340. The molecule has 8 nitrogen and oxygen atoms in total. The molecule has 0 bridgehead atoms. The molecule has 32 heavy (non-hydrogen) atoms. The van der Waals surface area contributed by atoms with Gasteiger partial charge in [0, 0.05) is 61.5 Å². The second-order valence-corrected chi connectivity index (χ2v) is 8.10. The maximum absolute atomic E-state index is 12.6. The van der Waals surface area contributed by atoms with Gasteiger partial charge in [-0.25, -0.2) is 4.98 Å². The largest absolute Gasteiger partial charge is 0.370 e. The van der Waals surface area contributed by atoms with Gasteiger partial charge in [-0.15, -0.1) is 0 Å². The fraction of sp³-hybridized carbons (Fsp3) is 0.250. The summed E-state index contributed by atoms with van der Waals surface area (Å²) in [5.41, 5.74) is 9.75. The van der Waals surface area contributed by atoms with E-state index < -0.39 is 0 Å². The SMILES string of the molecule is NC(=O)CCn1cc(CN2CCc3c(nc(-c4ccccn4)[nH]c3=O)C2)c2ccccc21. The molecule has 1 amide bonds. The van der Waals surface area contributed by atoms with E-state index in [0.29, 0.717) is 37.4 Å². The lowest BCUT2D eigenvalue weighted by Gasteiger charge is -2.27. The lowest BCUT2D eigenvalue weighted by atomic mass is 10.1. The molecular formula is C24H24N6O2. The molecule has 0 spiro atoms. The molecule has 3 N–H and O–H groups in total. The molecule has 1 aliphatic heterocycles. The average Bonchev–Trinajstić information content (AvgIpc) is 3.15. The first kappa shape index (κ1) is 20.1. The zero-order valence-electron chi connectivity index (χ0n) is 17.6. The van der Waals surface area contributed by atoms with E-state index in [4.69, 9.17) is 10.7 Å². The van der Waals surface area contributed by atoms with Crippen molar-refractivity contribution in [1.29, 1.82) is 0 Å². The maximum atomic E-state index is 12.6. The van der Waals surface area contributed by atoms with Crippen LogP contribution in [0.4, 0.5) is 0 Å². The minimum absolute atomic E-state index is 0.0849. The number of benzene rings is 1. The maximum Gasteiger partial charge on any atom is 0.254 e. The van der Waals surface area contributed by atoms with E-state index in [1.54, 1.807) is 6.20 Å². The monoisotopic (exact) mass is 428 g/mol. The Hall–Kier alpha value is -3.78. The summed E-state index contributed by atoms with van der Waals surface area (Å²) in [6.45, 7) is 2.67. The highest BCUT2D eigenvalue weighted by molar-refractivity contribution is 5.84. The van der Waals surface area contributed by atoms with Crippen molar-refractivity contribution in [2.24, 2.45) is 5.73 Å². The molecule has 0 radical (unpaired) electrons. The number of fused-ring (bicyclic) bond motifs is 2. The number of pyridine rings is 1. The van der Waals surface area contributed by atoms with Crippen molar-refractivity contribution >= 4 is 16.8 Å². The van der Waals surface area contributed by atoms with E-state index >= 15 is 0 Å². The zero-order chi connectivity index (χ0) is 22.1. The van der Waals surface area contributed by atoms with Crippen LogP contribution in [0.25, 0.3) is 22.4 Å². The predicted molar refractivity (Wildman–Crippen MR) is 122 cm³/mol. The van der Waals surface area contributed by atoms with Gasteiger partial charge >= 0.3 is 0 Å². The molecule has 0 aliphatic carbocycles. The molecule has 3 aromatic heterocycles. The fourth-order valence-corrected chi connectivity index (χ4v) is 4.36. The number of aromatic amines is 1. The molecule has 8 heteroatoms. The van der Waals surface area contributed by atoms with Gasteiger partial charge in [0.1, 0.15) is 5.69 Å². The first-order chi connectivity index (χ1) is 15.6. The predicted octanol–water partition coefficient (Wildman–Crippen LogP) is 2.22. The van der Waals surface area contributed by atoms with Gasteiger partial charge in [-0.2, -0.15) is 0 Å². The summed E-state index contributed by atoms with van der Waals surface area (Å²) in [7, 11) is 0. The summed E-state index contributed by atoms with van der Waals surface area (Å²) >= 11 is 0. The topological polar surface area (TPSA) is 110 Å². The molecule has 0 unspecified atom stereocenters. The Kier molecular flexibility index (Phi) is 5.28. The second-order valence-electron chi connectivity index (χ2n) is 8.10. The highest BCUT2D eigenvalue weighted by Crippen LogP contribution is 2.25.